The SMILES string of the molecule is OC(C1CCC1)C1C2CCc3ccccc3C21. The van der Waals surface area contributed by atoms with Crippen molar-refractivity contribution in [3.63, 3.8) is 0 Å². The normalized spacial score (nSPS) is 36.6. The fourth-order valence-electron chi connectivity index (χ4n) is 4.18. The molecule has 1 nitrogen and oxygen atoms in total. The summed E-state index contributed by atoms with van der Waals surface area (Å²) >= 11 is 0. The van der Waals surface area contributed by atoms with Crippen molar-refractivity contribution in [2.24, 2.45) is 17.8 Å². The topological polar surface area (TPSA) is 20.2 Å². The van der Waals surface area contributed by atoms with E-state index in [0.29, 0.717) is 17.8 Å². The highest BCUT2D eigenvalue weighted by atomic mass is 16.3. The number of aryl methyl sites for hydroxylation is 1. The van der Waals surface area contributed by atoms with Gasteiger partial charge in [-0.1, -0.05) is 30.7 Å². The number of hydrogen-bond acceptors (Lipinski definition) is 1. The Bertz CT molecular complexity index is 435. The van der Waals surface area contributed by atoms with Gasteiger partial charge in [0.25, 0.3) is 0 Å². The van der Waals surface area contributed by atoms with Crippen LogP contribution in [-0.4, -0.2) is 11.2 Å². The van der Waals surface area contributed by atoms with Gasteiger partial charge in [0.05, 0.1) is 6.10 Å². The third kappa shape index (κ3) is 1.41. The molecule has 1 aromatic rings. The van der Waals surface area contributed by atoms with Gasteiger partial charge in [-0.2, -0.15) is 0 Å². The molecule has 0 heterocycles. The van der Waals surface area contributed by atoms with E-state index in [1.54, 1.807) is 5.56 Å². The van der Waals surface area contributed by atoms with Gasteiger partial charge < -0.3 is 5.11 Å². The molecule has 0 saturated heterocycles. The Morgan fingerprint density at radius 2 is 1.94 bits per heavy atom. The molecule has 0 spiro atoms. The summed E-state index contributed by atoms with van der Waals surface area (Å²) in [7, 11) is 0. The summed E-state index contributed by atoms with van der Waals surface area (Å²) in [5.41, 5.74) is 3.09. The van der Waals surface area contributed by atoms with E-state index in [2.05, 4.69) is 24.3 Å². The minimum absolute atomic E-state index is 0.00935. The van der Waals surface area contributed by atoms with Crippen LogP contribution < -0.4 is 0 Å². The Morgan fingerprint density at radius 3 is 2.71 bits per heavy atom. The van der Waals surface area contributed by atoms with Crippen LogP contribution in [0.25, 0.3) is 0 Å². The van der Waals surface area contributed by atoms with Crippen molar-refractivity contribution in [2.45, 2.75) is 44.1 Å². The lowest BCUT2D eigenvalue weighted by Crippen LogP contribution is -2.29. The highest BCUT2D eigenvalue weighted by molar-refractivity contribution is 5.39. The molecule has 3 aliphatic carbocycles. The molecule has 0 amide bonds. The van der Waals surface area contributed by atoms with E-state index < -0.39 is 0 Å². The molecule has 1 heteroatoms. The van der Waals surface area contributed by atoms with Crippen molar-refractivity contribution in [2.75, 3.05) is 0 Å². The van der Waals surface area contributed by atoms with Crippen molar-refractivity contribution < 1.29 is 5.11 Å². The van der Waals surface area contributed by atoms with E-state index in [9.17, 15) is 5.11 Å². The Hall–Kier alpha value is -0.820. The molecule has 0 aromatic heterocycles. The predicted octanol–water partition coefficient (Wildman–Crippen LogP) is 3.12. The second-order valence-corrected chi connectivity index (χ2v) is 6.19. The van der Waals surface area contributed by atoms with Crippen LogP contribution in [0.3, 0.4) is 0 Å². The Labute approximate surface area is 103 Å². The van der Waals surface area contributed by atoms with Gasteiger partial charge in [0, 0.05) is 0 Å². The maximum Gasteiger partial charge on any atom is 0.0605 e. The third-order valence-electron chi connectivity index (χ3n) is 5.42. The average Bonchev–Trinajstić information content (AvgIpc) is 3.01. The van der Waals surface area contributed by atoms with Crippen LogP contribution in [0.4, 0.5) is 0 Å². The first-order chi connectivity index (χ1) is 8.36. The smallest absolute Gasteiger partial charge is 0.0605 e. The monoisotopic (exact) mass is 228 g/mol. The average molecular weight is 228 g/mol. The zero-order chi connectivity index (χ0) is 11.4. The van der Waals surface area contributed by atoms with E-state index in [4.69, 9.17) is 0 Å². The minimum atomic E-state index is -0.00935. The Balaban J connectivity index is 1.59. The second-order valence-electron chi connectivity index (χ2n) is 6.19. The first-order valence-electron chi connectivity index (χ1n) is 7.12. The van der Waals surface area contributed by atoms with Crippen LogP contribution in [0.2, 0.25) is 0 Å². The van der Waals surface area contributed by atoms with Crippen LogP contribution in [-0.2, 0) is 6.42 Å². The summed E-state index contributed by atoms with van der Waals surface area (Å²) < 4.78 is 0. The van der Waals surface area contributed by atoms with Crippen LogP contribution in [0.5, 0.6) is 0 Å². The van der Waals surface area contributed by atoms with Gasteiger partial charge in [-0.25, -0.2) is 0 Å². The lowest BCUT2D eigenvalue weighted by atomic mass is 9.79. The fourth-order valence-corrected chi connectivity index (χ4v) is 4.18. The summed E-state index contributed by atoms with van der Waals surface area (Å²) in [4.78, 5) is 0. The molecule has 1 aromatic carbocycles. The molecule has 0 radical (unpaired) electrons. The van der Waals surface area contributed by atoms with Gasteiger partial charge in [0.2, 0.25) is 0 Å². The summed E-state index contributed by atoms with van der Waals surface area (Å²) in [6.45, 7) is 0. The number of aliphatic hydroxyl groups excluding tert-OH is 1. The molecule has 4 rings (SSSR count). The van der Waals surface area contributed by atoms with Gasteiger partial charge in [0.15, 0.2) is 0 Å². The third-order valence-corrected chi connectivity index (χ3v) is 5.42. The molecule has 17 heavy (non-hydrogen) atoms. The number of aliphatic hydroxyl groups is 1. The summed E-state index contributed by atoms with van der Waals surface area (Å²) in [6.07, 6.45) is 6.38. The first kappa shape index (κ1) is 10.1. The van der Waals surface area contributed by atoms with Crippen LogP contribution >= 0.6 is 0 Å². The number of fused-ring (bicyclic) bond motifs is 3. The van der Waals surface area contributed by atoms with Crippen molar-refractivity contribution >= 4 is 0 Å². The maximum absolute atomic E-state index is 10.5. The molecule has 0 bridgehead atoms. The van der Waals surface area contributed by atoms with Crippen LogP contribution in [0.15, 0.2) is 24.3 Å². The highest BCUT2D eigenvalue weighted by Crippen LogP contribution is 2.62. The molecule has 3 aliphatic rings. The van der Waals surface area contributed by atoms with E-state index in [0.717, 1.165) is 5.92 Å². The van der Waals surface area contributed by atoms with Gasteiger partial charge in [-0.05, 0) is 60.5 Å². The van der Waals surface area contributed by atoms with E-state index >= 15 is 0 Å². The van der Waals surface area contributed by atoms with Gasteiger partial charge in [0.1, 0.15) is 0 Å². The zero-order valence-electron chi connectivity index (χ0n) is 10.2. The summed E-state index contributed by atoms with van der Waals surface area (Å²) in [5.74, 6) is 2.69. The van der Waals surface area contributed by atoms with Gasteiger partial charge >= 0.3 is 0 Å². The molecule has 2 fully saturated rings. The standard InChI is InChI=1S/C16H20O/c17-16(11-5-3-6-11)15-13-9-8-10-4-1-2-7-12(10)14(13)15/h1-2,4,7,11,13-17H,3,5-6,8-9H2. The van der Waals surface area contributed by atoms with Gasteiger partial charge in [-0.3, -0.25) is 0 Å². The maximum atomic E-state index is 10.5. The summed E-state index contributed by atoms with van der Waals surface area (Å²) in [6, 6.07) is 8.88. The Kier molecular flexibility index (Phi) is 2.14. The largest absolute Gasteiger partial charge is 0.393 e. The quantitative estimate of drug-likeness (QED) is 0.824. The highest BCUT2D eigenvalue weighted by Gasteiger charge is 2.57. The van der Waals surface area contributed by atoms with Crippen molar-refractivity contribution in [1.29, 1.82) is 0 Å². The Morgan fingerprint density at radius 1 is 1.12 bits per heavy atom. The minimum Gasteiger partial charge on any atom is -0.393 e. The molecule has 1 N–H and O–H groups in total. The number of hydrogen-bond donors (Lipinski definition) is 1. The molecule has 4 atom stereocenters. The predicted molar refractivity (Wildman–Crippen MR) is 67.8 cm³/mol. The van der Waals surface area contributed by atoms with Crippen molar-refractivity contribution in [3.05, 3.63) is 35.4 Å². The van der Waals surface area contributed by atoms with Crippen molar-refractivity contribution in [3.8, 4) is 0 Å². The molecule has 90 valence electrons. The molecular formula is C16H20O. The fraction of sp³-hybridized carbons (Fsp3) is 0.625. The number of benzene rings is 1. The molecular weight excluding hydrogens is 208 g/mol. The van der Waals surface area contributed by atoms with Crippen molar-refractivity contribution in [1.82, 2.24) is 0 Å². The van der Waals surface area contributed by atoms with E-state index in [-0.39, 0.29) is 6.10 Å². The van der Waals surface area contributed by atoms with Crippen LogP contribution in [0.1, 0.15) is 42.7 Å². The number of rotatable bonds is 2. The lowest BCUT2D eigenvalue weighted by Gasteiger charge is -2.30. The first-order valence-corrected chi connectivity index (χ1v) is 7.12. The lowest BCUT2D eigenvalue weighted by molar-refractivity contribution is 0.0394. The zero-order valence-corrected chi connectivity index (χ0v) is 10.2. The van der Waals surface area contributed by atoms with E-state index in [1.807, 2.05) is 0 Å². The van der Waals surface area contributed by atoms with E-state index in [1.165, 1.54) is 37.7 Å². The second kappa shape index (κ2) is 3.58. The molecule has 4 unspecified atom stereocenters. The van der Waals surface area contributed by atoms with Gasteiger partial charge in [-0.15, -0.1) is 0 Å². The van der Waals surface area contributed by atoms with Crippen LogP contribution in [0, 0.1) is 17.8 Å². The molecule has 2 saturated carbocycles. The summed E-state index contributed by atoms with van der Waals surface area (Å²) in [5, 5.41) is 10.5. The molecule has 0 aliphatic heterocycles.